The van der Waals surface area contributed by atoms with Crippen molar-refractivity contribution in [3.8, 4) is 11.4 Å². The van der Waals surface area contributed by atoms with Gasteiger partial charge in [0.25, 0.3) is 0 Å². The van der Waals surface area contributed by atoms with E-state index in [4.69, 9.17) is 21.3 Å². The van der Waals surface area contributed by atoms with Gasteiger partial charge < -0.3 is 25.2 Å². The minimum Gasteiger partial charge on any atom is -0.377 e. The molecule has 5 rings (SSSR count). The number of hydrogen-bond donors (Lipinski definition) is 2. The van der Waals surface area contributed by atoms with Crippen LogP contribution < -0.4 is 20.4 Å². The Kier molecular flexibility index (Phi) is 6.93. The molecule has 12 heteroatoms. The summed E-state index contributed by atoms with van der Waals surface area (Å²) >= 11 is 6.49. The third kappa shape index (κ3) is 5.34. The molecule has 1 atom stereocenters. The molecule has 0 aliphatic carbocycles. The van der Waals surface area contributed by atoms with Gasteiger partial charge in [0, 0.05) is 49.2 Å². The van der Waals surface area contributed by atoms with Crippen molar-refractivity contribution in [2.75, 3.05) is 54.7 Å². The van der Waals surface area contributed by atoms with Crippen molar-refractivity contribution < 1.29 is 17.9 Å². The Morgan fingerprint density at radius 2 is 2.00 bits per heavy atom. The van der Waals surface area contributed by atoms with Gasteiger partial charge in [0.2, 0.25) is 0 Å². The summed E-state index contributed by atoms with van der Waals surface area (Å²) in [6.07, 6.45) is 2.98. The smallest absolute Gasteiger partial charge is 0.318 e. The third-order valence-electron chi connectivity index (χ3n) is 6.46. The van der Waals surface area contributed by atoms with E-state index in [-0.39, 0.29) is 17.0 Å². The number of rotatable bonds is 5. The second-order valence-corrected chi connectivity index (χ2v) is 11.4. The van der Waals surface area contributed by atoms with Gasteiger partial charge in [-0.25, -0.2) is 23.2 Å². The van der Waals surface area contributed by atoms with E-state index in [9.17, 15) is 13.2 Å². The molecule has 3 aromatic rings. The van der Waals surface area contributed by atoms with Gasteiger partial charge in [-0.15, -0.1) is 0 Å². The fraction of sp³-hybridized carbons (Fsp3) is 0.320. The van der Waals surface area contributed by atoms with Gasteiger partial charge in [-0.1, -0.05) is 17.7 Å². The second-order valence-electron chi connectivity index (χ2n) is 9.01. The van der Waals surface area contributed by atoms with Crippen molar-refractivity contribution in [2.45, 2.75) is 17.5 Å². The molecule has 2 aliphatic heterocycles. The molecule has 37 heavy (non-hydrogen) atoms. The molecule has 0 bridgehead atoms. The summed E-state index contributed by atoms with van der Waals surface area (Å²) in [4.78, 5) is 25.8. The molecule has 0 saturated carbocycles. The van der Waals surface area contributed by atoms with Crippen LogP contribution in [0.2, 0.25) is 5.02 Å². The van der Waals surface area contributed by atoms with Gasteiger partial charge in [-0.05, 0) is 42.0 Å². The largest absolute Gasteiger partial charge is 0.377 e. The molecule has 2 amide bonds. The van der Waals surface area contributed by atoms with E-state index in [2.05, 4.69) is 25.4 Å². The van der Waals surface area contributed by atoms with Gasteiger partial charge in [0.1, 0.15) is 0 Å². The predicted molar refractivity (Wildman–Crippen MR) is 143 cm³/mol. The highest BCUT2D eigenvalue weighted by molar-refractivity contribution is 7.90. The number of amides is 2. The molecule has 2 N–H and O–H groups in total. The van der Waals surface area contributed by atoms with E-state index in [0.29, 0.717) is 42.8 Å². The minimum absolute atomic E-state index is 0.109. The number of hydrogen-bond acceptors (Lipinski definition) is 8. The van der Waals surface area contributed by atoms with E-state index in [1.165, 1.54) is 6.07 Å². The van der Waals surface area contributed by atoms with E-state index < -0.39 is 9.84 Å². The van der Waals surface area contributed by atoms with E-state index in [0.717, 1.165) is 35.4 Å². The molecule has 1 unspecified atom stereocenters. The van der Waals surface area contributed by atoms with Crippen molar-refractivity contribution in [3.05, 3.63) is 59.2 Å². The van der Waals surface area contributed by atoms with Crippen LogP contribution in [0.5, 0.6) is 0 Å². The molecule has 3 heterocycles. The lowest BCUT2D eigenvalue weighted by atomic mass is 10.1. The van der Waals surface area contributed by atoms with Crippen LogP contribution in [0.25, 0.3) is 11.4 Å². The normalized spacial score (nSPS) is 17.1. The Bertz CT molecular complexity index is 1430. The molecule has 1 aromatic heterocycles. The zero-order chi connectivity index (χ0) is 26.2. The summed E-state index contributed by atoms with van der Waals surface area (Å²) < 4.78 is 29.6. The van der Waals surface area contributed by atoms with Crippen LogP contribution in [0.15, 0.2) is 53.6 Å². The quantitative estimate of drug-likeness (QED) is 0.505. The topological polar surface area (TPSA) is 117 Å². The lowest BCUT2D eigenvalue weighted by Crippen LogP contribution is -2.55. The molecule has 0 radical (unpaired) electrons. The number of carbonyl (C=O) groups excluding carboxylic acids is 1. The number of anilines is 3. The van der Waals surface area contributed by atoms with Gasteiger partial charge in [0.15, 0.2) is 21.5 Å². The minimum atomic E-state index is -3.35. The number of nitrogens with one attached hydrogen (secondary N) is 2. The number of ether oxygens (including phenoxy) is 1. The Labute approximate surface area is 220 Å². The maximum absolute atomic E-state index is 11.9. The number of sulfone groups is 1. The Morgan fingerprint density at radius 1 is 1.22 bits per heavy atom. The van der Waals surface area contributed by atoms with Crippen LogP contribution in [-0.4, -0.2) is 70.1 Å². The molecular formula is C25H27ClN6O4S. The molecule has 194 valence electrons. The number of fused-ring (bicyclic) bond motifs is 3. The Balaban J connectivity index is 1.46. The molecular weight excluding hydrogens is 516 g/mol. The Hall–Kier alpha value is -3.41. The fourth-order valence-corrected chi connectivity index (χ4v) is 5.47. The van der Waals surface area contributed by atoms with E-state index in [1.807, 2.05) is 18.3 Å². The number of morpholine rings is 1. The molecule has 2 aliphatic rings. The summed E-state index contributed by atoms with van der Waals surface area (Å²) in [6, 6.07) is 12.0. The van der Waals surface area contributed by atoms with Gasteiger partial charge in [-0.2, -0.15) is 0 Å². The monoisotopic (exact) mass is 542 g/mol. The van der Waals surface area contributed by atoms with Gasteiger partial charge >= 0.3 is 6.03 Å². The molecule has 2 aromatic carbocycles. The average molecular weight is 543 g/mol. The van der Waals surface area contributed by atoms with Crippen LogP contribution in [0.3, 0.4) is 0 Å². The second kappa shape index (κ2) is 10.2. The first-order chi connectivity index (χ1) is 17.7. The summed E-state index contributed by atoms with van der Waals surface area (Å²) in [6.45, 7) is 3.09. The zero-order valence-electron chi connectivity index (χ0n) is 20.4. The van der Waals surface area contributed by atoms with Crippen molar-refractivity contribution in [3.63, 3.8) is 0 Å². The highest BCUT2D eigenvalue weighted by atomic mass is 35.5. The highest BCUT2D eigenvalue weighted by Gasteiger charge is 2.35. The summed E-state index contributed by atoms with van der Waals surface area (Å²) in [5.74, 6) is 1.40. The Morgan fingerprint density at radius 3 is 2.70 bits per heavy atom. The summed E-state index contributed by atoms with van der Waals surface area (Å²) in [5.41, 5.74) is 3.18. The first kappa shape index (κ1) is 25.2. The van der Waals surface area contributed by atoms with Crippen molar-refractivity contribution in [1.29, 1.82) is 0 Å². The molecule has 1 saturated heterocycles. The van der Waals surface area contributed by atoms with Crippen LogP contribution in [0.1, 0.15) is 5.56 Å². The van der Waals surface area contributed by atoms with Crippen LogP contribution in [-0.2, 0) is 21.1 Å². The van der Waals surface area contributed by atoms with Crippen LogP contribution in [0, 0.1) is 0 Å². The predicted octanol–water partition coefficient (Wildman–Crippen LogP) is 3.18. The maximum atomic E-state index is 11.9. The average Bonchev–Trinajstić information content (AvgIpc) is 2.89. The molecule has 1 fully saturated rings. The number of urea groups is 1. The summed E-state index contributed by atoms with van der Waals surface area (Å²) in [7, 11) is -1.79. The standard InChI is InChI=1S/C25H27ClN6O4S/c1-27-25(33)29-18-6-3-16(4-7-18)23-28-12-22-24(30-23)32-9-10-36-15-19(32)14-31(22)13-17-5-8-20(11-21(17)26)37(2,34)35/h3-8,11-12,19H,9-10,13-15H2,1-2H3,(H2,27,29,33). The number of benzene rings is 2. The number of nitrogens with zero attached hydrogens (tertiary/aromatic N) is 4. The highest BCUT2D eigenvalue weighted by Crippen LogP contribution is 2.37. The fourth-order valence-electron chi connectivity index (χ4n) is 4.52. The third-order valence-corrected chi connectivity index (χ3v) is 7.93. The zero-order valence-corrected chi connectivity index (χ0v) is 22.0. The van der Waals surface area contributed by atoms with Gasteiger partial charge in [0.05, 0.1) is 36.0 Å². The number of carbonyl (C=O) groups is 1. The lowest BCUT2D eigenvalue weighted by molar-refractivity contribution is 0.0936. The first-order valence-corrected chi connectivity index (χ1v) is 14.0. The lowest BCUT2D eigenvalue weighted by Gasteiger charge is -2.45. The summed E-state index contributed by atoms with van der Waals surface area (Å²) in [5, 5.41) is 5.66. The van der Waals surface area contributed by atoms with Crippen molar-refractivity contribution >= 4 is 44.7 Å². The molecule has 0 spiro atoms. The molecule has 10 nitrogen and oxygen atoms in total. The van der Waals surface area contributed by atoms with Crippen molar-refractivity contribution in [1.82, 2.24) is 15.3 Å². The maximum Gasteiger partial charge on any atom is 0.318 e. The van der Waals surface area contributed by atoms with E-state index >= 15 is 0 Å². The first-order valence-electron chi connectivity index (χ1n) is 11.8. The number of halogens is 1. The van der Waals surface area contributed by atoms with E-state index in [1.54, 1.807) is 31.3 Å². The van der Waals surface area contributed by atoms with Crippen molar-refractivity contribution in [2.24, 2.45) is 0 Å². The van der Waals surface area contributed by atoms with Crippen LogP contribution >= 0.6 is 11.6 Å². The van der Waals surface area contributed by atoms with Gasteiger partial charge in [-0.3, -0.25) is 0 Å². The van der Waals surface area contributed by atoms with Crippen LogP contribution in [0.4, 0.5) is 22.0 Å². The number of aromatic nitrogens is 2. The SMILES string of the molecule is CNC(=O)Nc1ccc(-c2ncc3c(n2)N2CCOCC2CN3Cc2ccc(S(C)(=O)=O)cc2Cl)cc1.